The van der Waals surface area contributed by atoms with Crippen LogP contribution in [-0.4, -0.2) is 65.3 Å². The molecular weight excluding hydrogens is 382 g/mol. The summed E-state index contributed by atoms with van der Waals surface area (Å²) in [6, 6.07) is 10.3. The topological polar surface area (TPSA) is 48.8 Å². The van der Waals surface area contributed by atoms with Crippen LogP contribution >= 0.6 is 11.3 Å². The van der Waals surface area contributed by atoms with Gasteiger partial charge in [-0.05, 0) is 37.7 Å². The van der Waals surface area contributed by atoms with Crippen LogP contribution in [0.4, 0.5) is 0 Å². The number of piperidine rings is 1. The molecule has 2 atom stereocenters. The van der Waals surface area contributed by atoms with E-state index in [1.165, 1.54) is 34.8 Å². The number of rotatable bonds is 4. The number of aromatic nitrogens is 1. The molecule has 2 saturated heterocycles. The van der Waals surface area contributed by atoms with Crippen molar-refractivity contribution < 1.29 is 9.84 Å². The number of fused-ring (bicyclic) bond motifs is 1. The molecule has 156 valence electrons. The van der Waals surface area contributed by atoms with E-state index in [4.69, 9.17) is 9.72 Å². The van der Waals surface area contributed by atoms with Crippen molar-refractivity contribution in [3.63, 3.8) is 0 Å². The summed E-state index contributed by atoms with van der Waals surface area (Å²) in [5.74, 6) is 0. The number of benzene rings is 1. The summed E-state index contributed by atoms with van der Waals surface area (Å²) >= 11 is 1.91. The highest BCUT2D eigenvalue weighted by Gasteiger charge is 2.46. The van der Waals surface area contributed by atoms with Crippen molar-refractivity contribution in [1.82, 2.24) is 14.8 Å². The van der Waals surface area contributed by atoms with Crippen LogP contribution < -0.4 is 0 Å². The predicted octanol–water partition coefficient (Wildman–Crippen LogP) is 2.82. The first-order chi connectivity index (χ1) is 14.2. The molecule has 0 amide bonds. The van der Waals surface area contributed by atoms with E-state index in [2.05, 4.69) is 21.9 Å². The smallest absolute Gasteiger partial charge is 0.108 e. The fourth-order valence-corrected chi connectivity index (χ4v) is 6.36. The molecule has 6 heteroatoms. The number of likely N-dealkylation sites (tertiary alicyclic amines) is 1. The fraction of sp³-hybridized carbons (Fsp3) is 0.609. The van der Waals surface area contributed by atoms with Crippen LogP contribution in [0, 0.1) is 0 Å². The van der Waals surface area contributed by atoms with Crippen molar-refractivity contribution in [2.45, 2.75) is 50.3 Å². The molecule has 1 aliphatic carbocycles. The van der Waals surface area contributed by atoms with Gasteiger partial charge in [-0.3, -0.25) is 9.80 Å². The molecule has 0 saturated carbocycles. The minimum Gasteiger partial charge on any atom is -0.383 e. The summed E-state index contributed by atoms with van der Waals surface area (Å²) in [5, 5.41) is 13.1. The Morgan fingerprint density at radius 1 is 1.10 bits per heavy atom. The largest absolute Gasteiger partial charge is 0.383 e. The van der Waals surface area contributed by atoms with Crippen LogP contribution in [0.5, 0.6) is 0 Å². The summed E-state index contributed by atoms with van der Waals surface area (Å²) in [6.07, 6.45) is 5.70. The third kappa shape index (κ3) is 4.01. The SMILES string of the molecule is O[C@]1(c2ccccc2)CCN(Cc2nc3c(s2)CCCC3)C[C@H]1N1CCOCC1. The lowest BCUT2D eigenvalue weighted by atomic mass is 9.79. The minimum atomic E-state index is -0.808. The van der Waals surface area contributed by atoms with Gasteiger partial charge in [0.2, 0.25) is 0 Å². The molecule has 5 nitrogen and oxygen atoms in total. The third-order valence-corrected chi connectivity index (χ3v) is 7.94. The number of aryl methyl sites for hydroxylation is 2. The summed E-state index contributed by atoms with van der Waals surface area (Å²) in [5.41, 5.74) is 1.58. The van der Waals surface area contributed by atoms with Crippen molar-refractivity contribution >= 4 is 11.3 Å². The van der Waals surface area contributed by atoms with E-state index in [0.717, 1.165) is 64.3 Å². The van der Waals surface area contributed by atoms with Gasteiger partial charge in [0, 0.05) is 31.1 Å². The molecule has 5 rings (SSSR count). The van der Waals surface area contributed by atoms with Crippen LogP contribution in [0.2, 0.25) is 0 Å². The quantitative estimate of drug-likeness (QED) is 0.835. The van der Waals surface area contributed by atoms with Crippen LogP contribution in [-0.2, 0) is 29.7 Å². The van der Waals surface area contributed by atoms with Gasteiger partial charge in [-0.1, -0.05) is 30.3 Å². The van der Waals surface area contributed by atoms with E-state index < -0.39 is 5.60 Å². The Labute approximate surface area is 177 Å². The van der Waals surface area contributed by atoms with E-state index in [1.807, 2.05) is 29.5 Å². The zero-order valence-corrected chi connectivity index (χ0v) is 17.9. The van der Waals surface area contributed by atoms with Gasteiger partial charge in [-0.2, -0.15) is 0 Å². The molecule has 1 aromatic heterocycles. The normalized spacial score (nSPS) is 28.9. The molecule has 1 aromatic carbocycles. The summed E-state index contributed by atoms with van der Waals surface area (Å²) in [6.45, 7) is 5.95. The van der Waals surface area contributed by atoms with Crippen molar-refractivity contribution in [3.8, 4) is 0 Å². The standard InChI is InChI=1S/C23H31N3O2S/c27-23(18-6-2-1-3-7-18)10-11-25(16-21(23)26-12-14-28-15-13-26)17-22-24-19-8-4-5-9-20(19)29-22/h1-3,6-7,21,27H,4-5,8-17H2/t21-,23+/m1/s1. The van der Waals surface area contributed by atoms with E-state index >= 15 is 0 Å². The summed E-state index contributed by atoms with van der Waals surface area (Å²) in [7, 11) is 0. The Morgan fingerprint density at radius 3 is 2.69 bits per heavy atom. The number of hydrogen-bond donors (Lipinski definition) is 1. The van der Waals surface area contributed by atoms with E-state index in [-0.39, 0.29) is 6.04 Å². The molecule has 0 radical (unpaired) electrons. The lowest BCUT2D eigenvalue weighted by Gasteiger charge is -2.50. The van der Waals surface area contributed by atoms with Gasteiger partial charge in [-0.25, -0.2) is 4.98 Å². The van der Waals surface area contributed by atoms with Crippen molar-refractivity contribution in [1.29, 1.82) is 0 Å². The fourth-order valence-electron chi connectivity index (χ4n) is 5.16. The number of ether oxygens (including phenoxy) is 1. The van der Waals surface area contributed by atoms with Gasteiger partial charge in [-0.15, -0.1) is 11.3 Å². The molecule has 1 N–H and O–H groups in total. The molecule has 2 aliphatic heterocycles. The molecule has 0 unspecified atom stereocenters. The lowest BCUT2D eigenvalue weighted by Crippen LogP contribution is -2.62. The van der Waals surface area contributed by atoms with E-state index in [9.17, 15) is 5.11 Å². The molecule has 3 aliphatic rings. The van der Waals surface area contributed by atoms with E-state index in [1.54, 1.807) is 0 Å². The molecule has 0 bridgehead atoms. The van der Waals surface area contributed by atoms with Gasteiger partial charge in [0.1, 0.15) is 10.6 Å². The maximum atomic E-state index is 11.8. The van der Waals surface area contributed by atoms with Crippen molar-refractivity contribution in [2.24, 2.45) is 0 Å². The minimum absolute atomic E-state index is 0.0807. The van der Waals surface area contributed by atoms with E-state index in [0.29, 0.717) is 0 Å². The van der Waals surface area contributed by atoms with Crippen LogP contribution in [0.15, 0.2) is 30.3 Å². The first kappa shape index (κ1) is 19.6. The second kappa shape index (κ2) is 8.44. The Morgan fingerprint density at radius 2 is 1.90 bits per heavy atom. The maximum Gasteiger partial charge on any atom is 0.108 e. The lowest BCUT2D eigenvalue weighted by molar-refractivity contribution is -0.119. The summed E-state index contributed by atoms with van der Waals surface area (Å²) < 4.78 is 5.59. The molecule has 29 heavy (non-hydrogen) atoms. The highest BCUT2D eigenvalue weighted by Crippen LogP contribution is 2.37. The average Bonchev–Trinajstić information content (AvgIpc) is 3.19. The molecule has 3 heterocycles. The average molecular weight is 414 g/mol. The zero-order valence-electron chi connectivity index (χ0n) is 17.1. The molecule has 0 spiro atoms. The zero-order chi connectivity index (χ0) is 19.7. The van der Waals surface area contributed by atoms with Crippen LogP contribution in [0.3, 0.4) is 0 Å². The highest BCUT2D eigenvalue weighted by molar-refractivity contribution is 7.11. The van der Waals surface area contributed by atoms with Gasteiger partial charge in [0.05, 0.1) is 31.5 Å². The number of thiazole rings is 1. The van der Waals surface area contributed by atoms with Gasteiger partial charge in [0.15, 0.2) is 0 Å². The molecule has 2 aromatic rings. The van der Waals surface area contributed by atoms with Crippen molar-refractivity contribution in [2.75, 3.05) is 39.4 Å². The molecular formula is C23H31N3O2S. The Hall–Kier alpha value is -1.31. The monoisotopic (exact) mass is 413 g/mol. The van der Waals surface area contributed by atoms with Crippen LogP contribution in [0.1, 0.15) is 40.4 Å². The van der Waals surface area contributed by atoms with Gasteiger partial charge >= 0.3 is 0 Å². The summed E-state index contributed by atoms with van der Waals surface area (Å²) in [4.78, 5) is 11.4. The Kier molecular flexibility index (Phi) is 5.71. The second-order valence-electron chi connectivity index (χ2n) is 8.62. The maximum absolute atomic E-state index is 11.8. The first-order valence-electron chi connectivity index (χ1n) is 11.0. The Balaban J connectivity index is 1.36. The number of morpholine rings is 1. The van der Waals surface area contributed by atoms with Gasteiger partial charge in [0.25, 0.3) is 0 Å². The highest BCUT2D eigenvalue weighted by atomic mass is 32.1. The number of nitrogens with zero attached hydrogens (tertiary/aromatic N) is 3. The predicted molar refractivity (Wildman–Crippen MR) is 115 cm³/mol. The number of aliphatic hydroxyl groups is 1. The third-order valence-electron chi connectivity index (χ3n) is 6.80. The van der Waals surface area contributed by atoms with Crippen LogP contribution in [0.25, 0.3) is 0 Å². The second-order valence-corrected chi connectivity index (χ2v) is 9.79. The molecule has 2 fully saturated rings. The van der Waals surface area contributed by atoms with Gasteiger partial charge < -0.3 is 9.84 Å². The first-order valence-corrected chi connectivity index (χ1v) is 11.8. The number of hydrogen-bond acceptors (Lipinski definition) is 6. The van der Waals surface area contributed by atoms with Crippen molar-refractivity contribution in [3.05, 3.63) is 51.5 Å². The Bertz CT molecular complexity index is 797.